The Morgan fingerprint density at radius 3 is 2.69 bits per heavy atom. The Kier molecular flexibility index (Phi) is 4.19. The Balaban J connectivity index is 1.88. The molecule has 0 unspecified atom stereocenters. The van der Waals surface area contributed by atoms with E-state index in [1.165, 1.54) is 12.0 Å². The maximum absolute atomic E-state index is 5.73. The van der Waals surface area contributed by atoms with Gasteiger partial charge in [0.05, 0.1) is 6.61 Å². The highest BCUT2D eigenvalue weighted by Crippen LogP contribution is 2.19. The van der Waals surface area contributed by atoms with Crippen molar-refractivity contribution >= 4 is 0 Å². The summed E-state index contributed by atoms with van der Waals surface area (Å²) >= 11 is 0. The molecular weight excluding hydrogens is 202 g/mol. The second-order valence-corrected chi connectivity index (χ2v) is 4.10. The van der Waals surface area contributed by atoms with Gasteiger partial charge in [-0.15, -0.1) is 0 Å². The van der Waals surface area contributed by atoms with Crippen molar-refractivity contribution in [3.8, 4) is 5.75 Å². The number of rotatable bonds is 4. The van der Waals surface area contributed by atoms with Gasteiger partial charge in [-0.3, -0.25) is 0 Å². The van der Waals surface area contributed by atoms with Gasteiger partial charge in [-0.25, -0.2) is 0 Å². The summed E-state index contributed by atoms with van der Waals surface area (Å²) in [4.78, 5) is 0. The molecule has 3 nitrogen and oxygen atoms in total. The van der Waals surface area contributed by atoms with Crippen molar-refractivity contribution in [2.24, 2.45) is 5.73 Å². The SMILES string of the molecule is NCCc1ccc(O[C@@H]2CCCCO2)cc1. The normalized spacial score (nSPS) is 20.7. The zero-order chi connectivity index (χ0) is 11.2. The minimum Gasteiger partial charge on any atom is -0.465 e. The molecule has 3 heteroatoms. The average Bonchev–Trinajstić information content (AvgIpc) is 2.33. The van der Waals surface area contributed by atoms with E-state index in [2.05, 4.69) is 12.1 Å². The lowest BCUT2D eigenvalue weighted by Gasteiger charge is -2.23. The Labute approximate surface area is 96.5 Å². The van der Waals surface area contributed by atoms with Crippen molar-refractivity contribution in [3.63, 3.8) is 0 Å². The maximum Gasteiger partial charge on any atom is 0.199 e. The second kappa shape index (κ2) is 5.87. The van der Waals surface area contributed by atoms with Gasteiger partial charge < -0.3 is 15.2 Å². The molecule has 0 radical (unpaired) electrons. The summed E-state index contributed by atoms with van der Waals surface area (Å²) in [5.74, 6) is 0.882. The van der Waals surface area contributed by atoms with Gasteiger partial charge in [0.25, 0.3) is 0 Å². The van der Waals surface area contributed by atoms with Crippen molar-refractivity contribution in [1.29, 1.82) is 0 Å². The van der Waals surface area contributed by atoms with E-state index >= 15 is 0 Å². The number of hydrogen-bond donors (Lipinski definition) is 1. The van der Waals surface area contributed by atoms with E-state index in [4.69, 9.17) is 15.2 Å². The number of hydrogen-bond acceptors (Lipinski definition) is 3. The average molecular weight is 221 g/mol. The van der Waals surface area contributed by atoms with E-state index in [0.717, 1.165) is 31.6 Å². The molecule has 1 aromatic rings. The Morgan fingerprint density at radius 1 is 1.25 bits per heavy atom. The van der Waals surface area contributed by atoms with Crippen LogP contribution < -0.4 is 10.5 Å². The first-order valence-electron chi connectivity index (χ1n) is 5.96. The molecule has 1 aliphatic heterocycles. The minimum absolute atomic E-state index is 0.0610. The van der Waals surface area contributed by atoms with Crippen molar-refractivity contribution in [2.45, 2.75) is 32.0 Å². The van der Waals surface area contributed by atoms with Gasteiger partial charge in [-0.1, -0.05) is 12.1 Å². The van der Waals surface area contributed by atoms with Crippen LogP contribution in [0.4, 0.5) is 0 Å². The van der Waals surface area contributed by atoms with Crippen LogP contribution in [0.3, 0.4) is 0 Å². The fourth-order valence-electron chi connectivity index (χ4n) is 1.86. The molecule has 0 aliphatic carbocycles. The van der Waals surface area contributed by atoms with E-state index in [1.54, 1.807) is 0 Å². The molecule has 2 N–H and O–H groups in total. The number of nitrogens with two attached hydrogens (primary N) is 1. The molecule has 0 aromatic heterocycles. The van der Waals surface area contributed by atoms with Crippen molar-refractivity contribution in [2.75, 3.05) is 13.2 Å². The molecule has 2 rings (SSSR count). The van der Waals surface area contributed by atoms with Crippen LogP contribution in [-0.2, 0) is 11.2 Å². The summed E-state index contributed by atoms with van der Waals surface area (Å²) in [6.45, 7) is 1.50. The summed E-state index contributed by atoms with van der Waals surface area (Å²) in [6, 6.07) is 8.10. The van der Waals surface area contributed by atoms with E-state index in [1.807, 2.05) is 12.1 Å². The van der Waals surface area contributed by atoms with Gasteiger partial charge in [0.15, 0.2) is 6.29 Å². The number of benzene rings is 1. The van der Waals surface area contributed by atoms with E-state index in [9.17, 15) is 0 Å². The molecule has 88 valence electrons. The molecule has 0 spiro atoms. The van der Waals surface area contributed by atoms with Crippen molar-refractivity contribution < 1.29 is 9.47 Å². The monoisotopic (exact) mass is 221 g/mol. The van der Waals surface area contributed by atoms with Gasteiger partial charge in [-0.2, -0.15) is 0 Å². The molecule has 1 saturated heterocycles. The van der Waals surface area contributed by atoms with Gasteiger partial charge in [0.1, 0.15) is 5.75 Å². The highest BCUT2D eigenvalue weighted by molar-refractivity contribution is 5.27. The molecule has 1 atom stereocenters. The van der Waals surface area contributed by atoms with Crippen LogP contribution in [0.15, 0.2) is 24.3 Å². The molecule has 1 heterocycles. The van der Waals surface area contributed by atoms with Gasteiger partial charge >= 0.3 is 0 Å². The van der Waals surface area contributed by atoms with Gasteiger partial charge in [-0.05, 0) is 43.5 Å². The number of ether oxygens (including phenoxy) is 2. The topological polar surface area (TPSA) is 44.5 Å². The van der Waals surface area contributed by atoms with Crippen LogP contribution in [0.25, 0.3) is 0 Å². The van der Waals surface area contributed by atoms with Crippen LogP contribution in [-0.4, -0.2) is 19.4 Å². The molecule has 16 heavy (non-hydrogen) atoms. The molecular formula is C13H19NO2. The second-order valence-electron chi connectivity index (χ2n) is 4.10. The first kappa shape index (κ1) is 11.4. The Bertz CT molecular complexity index is 304. The standard InChI is InChI=1S/C13H19NO2/c14-9-8-11-4-6-12(7-5-11)16-13-3-1-2-10-15-13/h4-7,13H,1-3,8-10,14H2/t13-/m1/s1. The molecule has 0 bridgehead atoms. The van der Waals surface area contributed by atoms with Crippen LogP contribution in [0, 0.1) is 0 Å². The zero-order valence-electron chi connectivity index (χ0n) is 9.52. The van der Waals surface area contributed by atoms with Gasteiger partial charge in [0, 0.05) is 6.42 Å². The Hall–Kier alpha value is -1.06. The quantitative estimate of drug-likeness (QED) is 0.846. The fraction of sp³-hybridized carbons (Fsp3) is 0.538. The third-order valence-electron chi connectivity index (χ3n) is 2.76. The van der Waals surface area contributed by atoms with Crippen molar-refractivity contribution in [3.05, 3.63) is 29.8 Å². The summed E-state index contributed by atoms with van der Waals surface area (Å²) in [6.07, 6.45) is 4.19. The highest BCUT2D eigenvalue weighted by atomic mass is 16.7. The first-order valence-corrected chi connectivity index (χ1v) is 5.96. The van der Waals surface area contributed by atoms with Crippen LogP contribution in [0.1, 0.15) is 24.8 Å². The lowest BCUT2D eigenvalue weighted by atomic mass is 10.1. The largest absolute Gasteiger partial charge is 0.465 e. The highest BCUT2D eigenvalue weighted by Gasteiger charge is 2.14. The maximum atomic E-state index is 5.73. The third kappa shape index (κ3) is 3.22. The smallest absolute Gasteiger partial charge is 0.199 e. The predicted molar refractivity (Wildman–Crippen MR) is 63.4 cm³/mol. The Morgan fingerprint density at radius 2 is 2.06 bits per heavy atom. The van der Waals surface area contributed by atoms with E-state index in [-0.39, 0.29) is 6.29 Å². The molecule has 0 amide bonds. The summed E-state index contributed by atoms with van der Waals surface area (Å²) in [5, 5.41) is 0. The van der Waals surface area contributed by atoms with Crippen LogP contribution in [0.5, 0.6) is 5.75 Å². The lowest BCUT2D eigenvalue weighted by Crippen LogP contribution is -2.24. The first-order chi connectivity index (χ1) is 7.88. The van der Waals surface area contributed by atoms with E-state index < -0.39 is 0 Å². The fourth-order valence-corrected chi connectivity index (χ4v) is 1.86. The molecule has 0 saturated carbocycles. The van der Waals surface area contributed by atoms with E-state index in [0.29, 0.717) is 6.54 Å². The minimum atomic E-state index is -0.0610. The molecule has 1 aliphatic rings. The zero-order valence-corrected chi connectivity index (χ0v) is 9.52. The van der Waals surface area contributed by atoms with Gasteiger partial charge in [0.2, 0.25) is 0 Å². The third-order valence-corrected chi connectivity index (χ3v) is 2.76. The molecule has 1 fully saturated rings. The predicted octanol–water partition coefficient (Wildman–Crippen LogP) is 2.09. The summed E-state index contributed by atoms with van der Waals surface area (Å²) in [7, 11) is 0. The summed E-state index contributed by atoms with van der Waals surface area (Å²) < 4.78 is 11.3. The van der Waals surface area contributed by atoms with Crippen LogP contribution >= 0.6 is 0 Å². The molecule has 1 aromatic carbocycles. The van der Waals surface area contributed by atoms with Crippen molar-refractivity contribution in [1.82, 2.24) is 0 Å². The lowest BCUT2D eigenvalue weighted by molar-refractivity contribution is -0.105. The summed E-state index contributed by atoms with van der Waals surface area (Å²) in [5.41, 5.74) is 6.75. The van der Waals surface area contributed by atoms with Crippen LogP contribution in [0.2, 0.25) is 0 Å².